The summed E-state index contributed by atoms with van der Waals surface area (Å²) >= 11 is 0. The van der Waals surface area contributed by atoms with Crippen molar-refractivity contribution >= 4 is 0 Å². The first kappa shape index (κ1) is 18.1. The van der Waals surface area contributed by atoms with Crippen LogP contribution in [0.1, 0.15) is 87.2 Å². The van der Waals surface area contributed by atoms with Crippen LogP contribution in [0.5, 0.6) is 11.5 Å². The summed E-state index contributed by atoms with van der Waals surface area (Å²) in [6, 6.07) is 9.31. The van der Waals surface area contributed by atoms with E-state index >= 15 is 0 Å². The standard InChI is InChI=1S/C26H32O2/c1-27-25-19(17-9-5-3-6-10-17)13-15-21-22-16-14-20(18-11-7-4-8-12-18)26(28-2)24(22)23(21)25/h13-18H,3-12H2,1-2H3. The molecule has 0 spiro atoms. The summed E-state index contributed by atoms with van der Waals surface area (Å²) in [4.78, 5) is 0. The molecule has 0 saturated heterocycles. The van der Waals surface area contributed by atoms with Gasteiger partial charge in [0.2, 0.25) is 0 Å². The molecule has 0 aromatic heterocycles. The van der Waals surface area contributed by atoms with Crippen LogP contribution in [-0.2, 0) is 0 Å². The molecule has 2 nitrogen and oxygen atoms in total. The number of rotatable bonds is 4. The Labute approximate surface area is 167 Å². The van der Waals surface area contributed by atoms with Gasteiger partial charge >= 0.3 is 0 Å². The van der Waals surface area contributed by atoms with Gasteiger partial charge in [0.05, 0.1) is 14.2 Å². The minimum Gasteiger partial charge on any atom is -0.496 e. The fourth-order valence-corrected chi connectivity index (χ4v) is 5.99. The Hall–Kier alpha value is -1.96. The summed E-state index contributed by atoms with van der Waals surface area (Å²) in [5.74, 6) is 3.50. The summed E-state index contributed by atoms with van der Waals surface area (Å²) in [6.45, 7) is 0. The number of fused-ring (bicyclic) bond motifs is 2. The molecule has 2 aromatic rings. The molecule has 2 aromatic carbocycles. The predicted octanol–water partition coefficient (Wildman–Crippen LogP) is 6.69. The van der Waals surface area contributed by atoms with Gasteiger partial charge in [0, 0.05) is 10.4 Å². The summed E-state index contributed by atoms with van der Waals surface area (Å²) in [5.41, 5.74) is 2.83. The van der Waals surface area contributed by atoms with Gasteiger partial charge in [-0.25, -0.2) is 0 Å². The van der Waals surface area contributed by atoms with Crippen LogP contribution >= 0.6 is 0 Å². The van der Waals surface area contributed by atoms with Gasteiger partial charge in [-0.2, -0.15) is 0 Å². The first-order valence-corrected chi connectivity index (χ1v) is 11.3. The SMILES string of the molecule is COc1c(C2CCCCC2)ccc2c1=c1c(OC)c(C3CCCCC3)ccc1=2. The molecular weight excluding hydrogens is 344 g/mol. The van der Waals surface area contributed by atoms with E-state index < -0.39 is 0 Å². The highest BCUT2D eigenvalue weighted by Gasteiger charge is 2.25. The molecule has 3 aliphatic carbocycles. The molecule has 2 heteroatoms. The molecule has 28 heavy (non-hydrogen) atoms. The second kappa shape index (κ2) is 7.46. The van der Waals surface area contributed by atoms with Crippen molar-refractivity contribution < 1.29 is 9.47 Å². The quantitative estimate of drug-likeness (QED) is 0.505. The Morgan fingerprint density at radius 1 is 0.571 bits per heavy atom. The van der Waals surface area contributed by atoms with E-state index in [2.05, 4.69) is 24.3 Å². The van der Waals surface area contributed by atoms with Crippen molar-refractivity contribution in [2.45, 2.75) is 76.0 Å². The van der Waals surface area contributed by atoms with E-state index in [0.717, 1.165) is 11.5 Å². The second-order valence-electron chi connectivity index (χ2n) is 8.89. The normalized spacial score (nSPS) is 19.5. The van der Waals surface area contributed by atoms with Gasteiger partial charge in [-0.1, -0.05) is 62.8 Å². The molecular formula is C26H32O2. The highest BCUT2D eigenvalue weighted by Crippen LogP contribution is 2.43. The Bertz CT molecular complexity index is 972. The number of hydrogen-bond donors (Lipinski definition) is 0. The van der Waals surface area contributed by atoms with Crippen LogP contribution in [0, 0.1) is 20.9 Å². The molecule has 3 aliphatic rings. The molecule has 0 unspecified atom stereocenters. The van der Waals surface area contributed by atoms with Crippen molar-refractivity contribution in [3.05, 3.63) is 56.3 Å². The van der Waals surface area contributed by atoms with Crippen LogP contribution in [-0.4, -0.2) is 14.2 Å². The van der Waals surface area contributed by atoms with Crippen LogP contribution in [0.3, 0.4) is 0 Å². The molecule has 5 rings (SSSR count). The first-order valence-electron chi connectivity index (χ1n) is 11.3. The molecule has 0 amide bonds. The van der Waals surface area contributed by atoms with E-state index in [4.69, 9.17) is 9.47 Å². The molecule has 0 aliphatic heterocycles. The topological polar surface area (TPSA) is 18.5 Å². The molecule has 0 N–H and O–H groups in total. The van der Waals surface area contributed by atoms with Gasteiger partial charge in [-0.3, -0.25) is 0 Å². The molecule has 0 radical (unpaired) electrons. The second-order valence-corrected chi connectivity index (χ2v) is 8.89. The van der Waals surface area contributed by atoms with Crippen molar-refractivity contribution in [3.8, 4) is 11.5 Å². The largest absolute Gasteiger partial charge is 0.496 e. The lowest BCUT2D eigenvalue weighted by Crippen LogP contribution is -2.10. The summed E-state index contributed by atoms with van der Waals surface area (Å²) in [5, 5.41) is 5.27. The number of benzene rings is 2. The summed E-state index contributed by atoms with van der Waals surface area (Å²) in [7, 11) is 3.69. The lowest BCUT2D eigenvalue weighted by molar-refractivity contribution is 0.377. The van der Waals surface area contributed by atoms with Crippen LogP contribution in [0.15, 0.2) is 24.3 Å². The minimum atomic E-state index is 0.644. The van der Waals surface area contributed by atoms with Crippen molar-refractivity contribution in [1.29, 1.82) is 0 Å². The number of methoxy groups -OCH3 is 2. The van der Waals surface area contributed by atoms with Gasteiger partial charge in [0.25, 0.3) is 0 Å². The van der Waals surface area contributed by atoms with Gasteiger partial charge in [-0.05, 0) is 59.1 Å². The van der Waals surface area contributed by atoms with E-state index in [9.17, 15) is 0 Å². The van der Waals surface area contributed by atoms with Crippen molar-refractivity contribution in [2.75, 3.05) is 14.2 Å². The first-order chi connectivity index (χ1) is 13.8. The van der Waals surface area contributed by atoms with Crippen LogP contribution < -0.4 is 9.47 Å². The Kier molecular flexibility index (Phi) is 4.82. The lowest BCUT2D eigenvalue weighted by Gasteiger charge is -2.27. The Morgan fingerprint density at radius 2 is 0.964 bits per heavy atom. The third kappa shape index (κ3) is 2.76. The maximum Gasteiger partial charge on any atom is 0.130 e. The van der Waals surface area contributed by atoms with E-state index in [0.29, 0.717) is 11.8 Å². The fraction of sp³-hybridized carbons (Fsp3) is 0.538. The van der Waals surface area contributed by atoms with Crippen LogP contribution in [0.2, 0.25) is 0 Å². The average molecular weight is 377 g/mol. The number of hydrogen-bond acceptors (Lipinski definition) is 2. The zero-order valence-electron chi connectivity index (χ0n) is 17.4. The van der Waals surface area contributed by atoms with Crippen LogP contribution in [0.25, 0.3) is 0 Å². The smallest absolute Gasteiger partial charge is 0.130 e. The average Bonchev–Trinajstić information content (AvgIpc) is 2.76. The predicted molar refractivity (Wildman–Crippen MR) is 113 cm³/mol. The van der Waals surface area contributed by atoms with Gasteiger partial charge < -0.3 is 9.47 Å². The summed E-state index contributed by atoms with van der Waals surface area (Å²) in [6.07, 6.45) is 13.3. The van der Waals surface area contributed by atoms with Gasteiger partial charge in [0.1, 0.15) is 11.5 Å². The zero-order chi connectivity index (χ0) is 19.1. The molecule has 2 fully saturated rings. The van der Waals surface area contributed by atoms with E-state index in [1.807, 2.05) is 14.2 Å². The van der Waals surface area contributed by atoms with E-state index in [-0.39, 0.29) is 0 Å². The molecule has 0 atom stereocenters. The van der Waals surface area contributed by atoms with Gasteiger partial charge in [-0.15, -0.1) is 0 Å². The molecule has 148 valence electrons. The molecule has 2 saturated carbocycles. The third-order valence-electron chi connectivity index (χ3n) is 7.41. The van der Waals surface area contributed by atoms with Crippen molar-refractivity contribution in [3.63, 3.8) is 0 Å². The Balaban J connectivity index is 1.72. The zero-order valence-corrected chi connectivity index (χ0v) is 17.4. The van der Waals surface area contributed by atoms with Crippen LogP contribution in [0.4, 0.5) is 0 Å². The minimum absolute atomic E-state index is 0.644. The fourth-order valence-electron chi connectivity index (χ4n) is 5.99. The Morgan fingerprint density at radius 3 is 1.32 bits per heavy atom. The van der Waals surface area contributed by atoms with E-state index in [1.54, 1.807) is 0 Å². The number of ether oxygens (including phenoxy) is 2. The highest BCUT2D eigenvalue weighted by atomic mass is 16.5. The molecule has 0 bridgehead atoms. The van der Waals surface area contributed by atoms with Crippen molar-refractivity contribution in [2.24, 2.45) is 0 Å². The maximum atomic E-state index is 6.05. The molecule has 0 heterocycles. The monoisotopic (exact) mass is 376 g/mol. The lowest BCUT2D eigenvalue weighted by atomic mass is 9.80. The highest BCUT2D eigenvalue weighted by molar-refractivity contribution is 5.51. The third-order valence-corrected chi connectivity index (χ3v) is 7.41. The van der Waals surface area contributed by atoms with Gasteiger partial charge in [0.15, 0.2) is 0 Å². The van der Waals surface area contributed by atoms with E-state index in [1.165, 1.54) is 96.2 Å². The summed E-state index contributed by atoms with van der Waals surface area (Å²) < 4.78 is 12.1. The maximum absolute atomic E-state index is 6.05. The van der Waals surface area contributed by atoms with Crippen molar-refractivity contribution in [1.82, 2.24) is 0 Å².